The van der Waals surface area contributed by atoms with Gasteiger partial charge in [-0.2, -0.15) is 0 Å². The highest BCUT2D eigenvalue weighted by atomic mass is 16.7. The van der Waals surface area contributed by atoms with E-state index in [0.717, 1.165) is 0 Å². The van der Waals surface area contributed by atoms with Crippen molar-refractivity contribution in [2.24, 2.45) is 0 Å². The SMILES string of the molecule is CC(COCC(C)N1COCOC1)N1COCOC1.CC(COCC(COCC(C)N1COCOC1)OCC(C)N1COCOC1)N1COCOC1.COCCOCC(C)N1COCOC1. The van der Waals surface area contributed by atoms with Crippen LogP contribution in [0.4, 0.5) is 0 Å². The number of methoxy groups -OCH3 is 1. The van der Waals surface area contributed by atoms with Crippen LogP contribution in [0.2, 0.25) is 0 Å². The minimum atomic E-state index is -0.193. The van der Waals surface area contributed by atoms with Gasteiger partial charge in [0, 0.05) is 43.4 Å². The third-order valence-corrected chi connectivity index (χ3v) is 11.2. The highest BCUT2D eigenvalue weighted by Crippen LogP contribution is 2.12. The van der Waals surface area contributed by atoms with Crippen molar-refractivity contribution in [1.29, 1.82) is 0 Å². The second kappa shape index (κ2) is 36.0. The Hall–Kier alpha value is -0.960. The second-order valence-corrected chi connectivity index (χ2v) is 17.0. The zero-order valence-corrected chi connectivity index (χ0v) is 40.9. The van der Waals surface area contributed by atoms with Gasteiger partial charge in [-0.1, -0.05) is 0 Å². The van der Waals surface area contributed by atoms with E-state index in [2.05, 4.69) is 70.9 Å². The van der Waals surface area contributed by atoms with Crippen LogP contribution in [0.15, 0.2) is 0 Å². The summed E-state index contributed by atoms with van der Waals surface area (Å²) in [5, 5.41) is 0. The molecule has 66 heavy (non-hydrogen) atoms. The Kier molecular flexibility index (Phi) is 31.5. The molecule has 6 saturated heterocycles. The molecule has 6 fully saturated rings. The molecule has 6 rings (SSSR count). The van der Waals surface area contributed by atoms with Crippen molar-refractivity contribution < 1.29 is 85.3 Å². The minimum absolute atomic E-state index is 0.149. The Bertz CT molecular complexity index is 1080. The summed E-state index contributed by atoms with van der Waals surface area (Å²) < 4.78 is 97.5. The lowest BCUT2D eigenvalue weighted by Gasteiger charge is -2.33. The Morgan fingerprint density at radius 1 is 0.303 bits per heavy atom. The average Bonchev–Trinajstić information content (AvgIpc) is 3.38. The van der Waals surface area contributed by atoms with Crippen molar-refractivity contribution >= 4 is 0 Å². The molecular weight excluding hydrogens is 876 g/mol. The largest absolute Gasteiger partial charge is 0.382 e. The summed E-state index contributed by atoms with van der Waals surface area (Å²) in [6, 6.07) is 1.37. The summed E-state index contributed by atoms with van der Waals surface area (Å²) >= 11 is 0. The van der Waals surface area contributed by atoms with E-state index < -0.39 is 0 Å². The predicted molar refractivity (Wildman–Crippen MR) is 233 cm³/mol. The predicted octanol–water partition coefficient (Wildman–Crippen LogP) is 0.716. The van der Waals surface area contributed by atoms with Gasteiger partial charge < -0.3 is 85.3 Å². The Balaban J connectivity index is 0.000000242. The van der Waals surface area contributed by atoms with Crippen molar-refractivity contribution in [2.45, 2.75) is 83.9 Å². The molecule has 0 N–H and O–H groups in total. The molecule has 24 heteroatoms. The quantitative estimate of drug-likeness (QED) is 0.110. The van der Waals surface area contributed by atoms with E-state index in [1.165, 1.54) is 0 Å². The number of nitrogens with zero attached hydrogens (tertiary/aromatic N) is 6. The molecule has 6 unspecified atom stereocenters. The van der Waals surface area contributed by atoms with Gasteiger partial charge in [-0.3, -0.25) is 29.4 Å². The van der Waals surface area contributed by atoms with Gasteiger partial charge in [0.2, 0.25) is 0 Å². The van der Waals surface area contributed by atoms with E-state index in [-0.39, 0.29) is 36.3 Å². The van der Waals surface area contributed by atoms with Gasteiger partial charge in [0.25, 0.3) is 0 Å². The lowest BCUT2D eigenvalue weighted by Crippen LogP contribution is -2.45. The Morgan fingerprint density at radius 2 is 0.530 bits per heavy atom. The smallest absolute Gasteiger partial charge is 0.150 e. The zero-order chi connectivity index (χ0) is 47.0. The summed E-state index contributed by atoms with van der Waals surface area (Å²) in [4.78, 5) is 12.5. The third-order valence-electron chi connectivity index (χ3n) is 11.2. The molecule has 0 aromatic carbocycles. The van der Waals surface area contributed by atoms with Gasteiger partial charge in [0.1, 0.15) is 128 Å². The van der Waals surface area contributed by atoms with Crippen LogP contribution in [-0.2, 0) is 85.3 Å². The lowest BCUT2D eigenvalue weighted by atomic mass is 10.3. The summed E-state index contributed by atoms with van der Waals surface area (Å²) in [5.74, 6) is 0. The van der Waals surface area contributed by atoms with Crippen LogP contribution in [0.1, 0.15) is 41.5 Å². The van der Waals surface area contributed by atoms with Crippen molar-refractivity contribution in [1.82, 2.24) is 29.4 Å². The molecular formula is C42H84N6O18. The summed E-state index contributed by atoms with van der Waals surface area (Å²) in [6.07, 6.45) is -0.193. The summed E-state index contributed by atoms with van der Waals surface area (Å²) in [5.41, 5.74) is 0. The fraction of sp³-hybridized carbons (Fsp3) is 1.00. The van der Waals surface area contributed by atoms with Crippen LogP contribution in [0.25, 0.3) is 0 Å². The fourth-order valence-electron chi connectivity index (χ4n) is 6.56. The maximum Gasteiger partial charge on any atom is 0.150 e. The van der Waals surface area contributed by atoms with Crippen molar-refractivity contribution in [3.05, 3.63) is 0 Å². The molecule has 0 spiro atoms. The van der Waals surface area contributed by atoms with Crippen molar-refractivity contribution in [3.63, 3.8) is 0 Å². The van der Waals surface area contributed by atoms with Crippen LogP contribution in [-0.4, -0.2) is 266 Å². The first kappa shape index (κ1) is 57.6. The molecule has 6 aliphatic rings. The van der Waals surface area contributed by atoms with E-state index >= 15 is 0 Å². The highest BCUT2D eigenvalue weighted by Gasteiger charge is 2.25. The summed E-state index contributed by atoms with van der Waals surface area (Å²) in [6.45, 7) is 27.5. The van der Waals surface area contributed by atoms with E-state index in [9.17, 15) is 0 Å². The van der Waals surface area contributed by atoms with Gasteiger partial charge in [0.05, 0.1) is 66.1 Å². The molecule has 390 valence electrons. The van der Waals surface area contributed by atoms with Gasteiger partial charge >= 0.3 is 0 Å². The molecule has 0 aromatic rings. The van der Waals surface area contributed by atoms with Crippen LogP contribution >= 0.6 is 0 Å². The number of ether oxygens (including phenoxy) is 18. The van der Waals surface area contributed by atoms with Gasteiger partial charge in [0.15, 0.2) is 0 Å². The van der Waals surface area contributed by atoms with E-state index in [1.807, 2.05) is 0 Å². The van der Waals surface area contributed by atoms with E-state index in [1.54, 1.807) is 7.11 Å². The fourth-order valence-corrected chi connectivity index (χ4v) is 6.56. The molecule has 6 atom stereocenters. The molecule has 0 amide bonds. The Morgan fingerprint density at radius 3 is 0.788 bits per heavy atom. The van der Waals surface area contributed by atoms with Gasteiger partial charge in [-0.25, -0.2) is 0 Å². The third kappa shape index (κ3) is 24.2. The monoisotopic (exact) mass is 961 g/mol. The molecule has 6 heterocycles. The molecule has 0 aliphatic carbocycles. The van der Waals surface area contributed by atoms with E-state index in [0.29, 0.717) is 194 Å². The van der Waals surface area contributed by atoms with Crippen molar-refractivity contribution in [3.8, 4) is 0 Å². The second-order valence-electron chi connectivity index (χ2n) is 17.0. The van der Waals surface area contributed by atoms with Crippen LogP contribution < -0.4 is 0 Å². The number of hydrogen-bond acceptors (Lipinski definition) is 24. The lowest BCUT2D eigenvalue weighted by molar-refractivity contribution is -0.204. The molecule has 0 aromatic heterocycles. The number of hydrogen-bond donors (Lipinski definition) is 0. The topological polar surface area (TPSA) is 186 Å². The molecule has 0 bridgehead atoms. The van der Waals surface area contributed by atoms with Gasteiger partial charge in [-0.15, -0.1) is 0 Å². The van der Waals surface area contributed by atoms with Crippen molar-refractivity contribution in [2.75, 3.05) is 195 Å². The zero-order valence-electron chi connectivity index (χ0n) is 40.9. The minimum Gasteiger partial charge on any atom is -0.382 e. The number of rotatable bonds is 26. The van der Waals surface area contributed by atoms with E-state index in [4.69, 9.17) is 85.3 Å². The maximum atomic E-state index is 6.18. The molecule has 6 aliphatic heterocycles. The maximum absolute atomic E-state index is 6.18. The Labute approximate surface area is 392 Å². The summed E-state index contributed by atoms with van der Waals surface area (Å²) in [7, 11) is 1.67. The van der Waals surface area contributed by atoms with Crippen LogP contribution in [0.3, 0.4) is 0 Å². The van der Waals surface area contributed by atoms with Crippen LogP contribution in [0, 0.1) is 0 Å². The van der Waals surface area contributed by atoms with Crippen LogP contribution in [0.5, 0.6) is 0 Å². The molecule has 0 saturated carbocycles. The first-order valence-corrected chi connectivity index (χ1v) is 23.0. The average molecular weight is 961 g/mol. The van der Waals surface area contributed by atoms with Gasteiger partial charge in [-0.05, 0) is 41.5 Å². The standard InChI is InChI=1S/C21H41N3O9.C12H24N2O5.C9H19NO4/c1-18(22-9-27-15-28-10-22)4-25-7-21(33-6-20(3)24-13-31-17-32-14-24)8-26-5-19(2)23-11-29-16-30-12-23;1-11(13-5-16-9-17-6-13)3-15-4-12(2)14-7-18-10-19-8-14;1-9(5-12-4-3-11-2)10-6-13-8-14-7-10/h18-21H,4-17H2,1-3H3;11-12H,3-10H2,1-2H3;9H,3-8H2,1-2H3. The molecule has 24 nitrogen and oxygen atoms in total. The normalized spacial score (nSPS) is 24.8. The first-order chi connectivity index (χ1) is 32.2. The highest BCUT2D eigenvalue weighted by molar-refractivity contribution is 4.69. The molecule has 0 radical (unpaired) electrons. The first-order valence-electron chi connectivity index (χ1n) is 23.0.